The van der Waals surface area contributed by atoms with Crippen molar-refractivity contribution >= 4 is 11.8 Å². The number of rotatable bonds is 8. The summed E-state index contributed by atoms with van der Waals surface area (Å²) in [4.78, 5) is 31.3. The predicted molar refractivity (Wildman–Crippen MR) is 96.0 cm³/mol. The molecule has 6 nitrogen and oxygen atoms in total. The van der Waals surface area contributed by atoms with Gasteiger partial charge in [0.1, 0.15) is 25.0 Å². The summed E-state index contributed by atoms with van der Waals surface area (Å²) in [6.07, 6.45) is 0.878. The number of carbonyl (C=O) groups is 2. The topological polar surface area (TPSA) is 67.9 Å². The molecule has 26 heavy (non-hydrogen) atoms. The maximum atomic E-state index is 12.4. The number of benzene rings is 2. The van der Waals surface area contributed by atoms with Gasteiger partial charge in [-0.25, -0.2) is 5.48 Å². The lowest BCUT2D eigenvalue weighted by Crippen LogP contribution is -2.44. The predicted octanol–water partition coefficient (Wildman–Crippen LogP) is 2.30. The highest BCUT2D eigenvalue weighted by atomic mass is 16.7. The van der Waals surface area contributed by atoms with Gasteiger partial charge in [0.15, 0.2) is 0 Å². The zero-order valence-corrected chi connectivity index (χ0v) is 14.5. The third-order valence-electron chi connectivity index (χ3n) is 4.20. The number of hydrogen-bond acceptors (Lipinski definition) is 4. The van der Waals surface area contributed by atoms with E-state index >= 15 is 0 Å². The number of likely N-dealkylation sites (tertiary alicyclic amines) is 1. The minimum atomic E-state index is -0.502. The van der Waals surface area contributed by atoms with Crippen LogP contribution in [0, 0.1) is 0 Å². The molecule has 1 aliphatic rings. The van der Waals surface area contributed by atoms with Gasteiger partial charge >= 0.3 is 0 Å². The van der Waals surface area contributed by atoms with Crippen molar-refractivity contribution < 1.29 is 19.2 Å². The Morgan fingerprint density at radius 2 is 1.73 bits per heavy atom. The van der Waals surface area contributed by atoms with Gasteiger partial charge in [-0.3, -0.25) is 14.4 Å². The van der Waals surface area contributed by atoms with Crippen LogP contribution >= 0.6 is 0 Å². The van der Waals surface area contributed by atoms with Gasteiger partial charge in [-0.2, -0.15) is 0 Å². The SMILES string of the molecule is O=C(NOCCOc1ccccc1)C1CCC(=O)N1Cc1ccccc1. The maximum absolute atomic E-state index is 12.4. The second-order valence-corrected chi connectivity index (χ2v) is 6.04. The smallest absolute Gasteiger partial charge is 0.266 e. The number of nitrogens with zero attached hydrogens (tertiary/aromatic N) is 1. The first kappa shape index (κ1) is 17.9. The number of carbonyl (C=O) groups excluding carboxylic acids is 2. The maximum Gasteiger partial charge on any atom is 0.266 e. The molecular formula is C20H22N2O4. The molecule has 1 N–H and O–H groups in total. The number of nitrogens with one attached hydrogen (secondary N) is 1. The Kier molecular flexibility index (Phi) is 6.22. The first-order valence-electron chi connectivity index (χ1n) is 8.67. The second-order valence-electron chi connectivity index (χ2n) is 6.04. The van der Waals surface area contributed by atoms with Crippen LogP contribution in [0.2, 0.25) is 0 Å². The van der Waals surface area contributed by atoms with Crippen LogP contribution in [0.25, 0.3) is 0 Å². The van der Waals surface area contributed by atoms with Crippen molar-refractivity contribution in [1.82, 2.24) is 10.4 Å². The average molecular weight is 354 g/mol. The van der Waals surface area contributed by atoms with Gasteiger partial charge in [0.05, 0.1) is 0 Å². The Morgan fingerprint density at radius 3 is 2.46 bits per heavy atom. The summed E-state index contributed by atoms with van der Waals surface area (Å²) in [6.45, 7) is 0.969. The van der Waals surface area contributed by atoms with Crippen LogP contribution in [0.3, 0.4) is 0 Å². The Morgan fingerprint density at radius 1 is 1.04 bits per heavy atom. The summed E-state index contributed by atoms with van der Waals surface area (Å²) in [6, 6.07) is 18.5. The van der Waals surface area contributed by atoms with Gasteiger partial charge in [-0.15, -0.1) is 0 Å². The quantitative estimate of drug-likeness (QED) is 0.583. The zero-order chi connectivity index (χ0) is 18.2. The van der Waals surface area contributed by atoms with E-state index in [9.17, 15) is 9.59 Å². The molecule has 1 unspecified atom stereocenters. The monoisotopic (exact) mass is 354 g/mol. The van der Waals surface area contributed by atoms with E-state index < -0.39 is 6.04 Å². The second kappa shape index (κ2) is 9.01. The van der Waals surface area contributed by atoms with E-state index in [2.05, 4.69) is 5.48 Å². The molecule has 2 amide bonds. The fraction of sp³-hybridized carbons (Fsp3) is 0.300. The highest BCUT2D eigenvalue weighted by Gasteiger charge is 2.36. The first-order valence-corrected chi connectivity index (χ1v) is 8.67. The van der Waals surface area contributed by atoms with Gasteiger partial charge in [-0.1, -0.05) is 48.5 Å². The van der Waals surface area contributed by atoms with Crippen LogP contribution in [0.15, 0.2) is 60.7 Å². The van der Waals surface area contributed by atoms with E-state index in [1.54, 1.807) is 4.90 Å². The van der Waals surface area contributed by atoms with E-state index in [0.717, 1.165) is 11.3 Å². The molecule has 1 saturated heterocycles. The van der Waals surface area contributed by atoms with Gasteiger partial charge < -0.3 is 9.64 Å². The van der Waals surface area contributed by atoms with Gasteiger partial charge in [0.2, 0.25) is 5.91 Å². The fourth-order valence-corrected chi connectivity index (χ4v) is 2.89. The van der Waals surface area contributed by atoms with Crippen LogP contribution in [-0.2, 0) is 21.0 Å². The molecule has 1 fully saturated rings. The van der Waals surface area contributed by atoms with E-state index in [1.807, 2.05) is 60.7 Å². The van der Waals surface area contributed by atoms with E-state index in [-0.39, 0.29) is 18.4 Å². The van der Waals surface area contributed by atoms with Gasteiger partial charge in [0, 0.05) is 13.0 Å². The largest absolute Gasteiger partial charge is 0.491 e. The molecule has 0 aromatic heterocycles. The Bertz CT molecular complexity index is 721. The van der Waals surface area contributed by atoms with Crippen molar-refractivity contribution in [2.75, 3.05) is 13.2 Å². The summed E-state index contributed by atoms with van der Waals surface area (Å²) in [5, 5.41) is 0. The standard InChI is InChI=1S/C20H22N2O4/c23-19-12-11-18(22(19)15-16-7-3-1-4-8-16)20(24)21-26-14-13-25-17-9-5-2-6-10-17/h1-10,18H,11-15H2,(H,21,24). The molecular weight excluding hydrogens is 332 g/mol. The molecule has 1 atom stereocenters. The zero-order valence-electron chi connectivity index (χ0n) is 14.5. The molecule has 0 bridgehead atoms. The third kappa shape index (κ3) is 4.83. The van der Waals surface area contributed by atoms with Crippen molar-refractivity contribution in [2.45, 2.75) is 25.4 Å². The number of hydrogen-bond donors (Lipinski definition) is 1. The van der Waals surface area contributed by atoms with Crippen molar-refractivity contribution in [3.8, 4) is 5.75 Å². The lowest BCUT2D eigenvalue weighted by atomic mass is 10.2. The lowest BCUT2D eigenvalue weighted by molar-refractivity contribution is -0.143. The third-order valence-corrected chi connectivity index (χ3v) is 4.20. The molecule has 6 heteroatoms. The first-order chi connectivity index (χ1) is 12.7. The highest BCUT2D eigenvalue weighted by molar-refractivity contribution is 5.90. The number of ether oxygens (including phenoxy) is 1. The van der Waals surface area contributed by atoms with E-state index in [4.69, 9.17) is 9.57 Å². The minimum absolute atomic E-state index is 0.0126. The molecule has 0 aliphatic carbocycles. The average Bonchev–Trinajstić information content (AvgIpc) is 3.03. The Hall–Kier alpha value is -2.86. The molecule has 0 radical (unpaired) electrons. The van der Waals surface area contributed by atoms with Crippen LogP contribution in [0.1, 0.15) is 18.4 Å². The summed E-state index contributed by atoms with van der Waals surface area (Å²) in [7, 11) is 0. The highest BCUT2D eigenvalue weighted by Crippen LogP contribution is 2.21. The number of para-hydroxylation sites is 1. The van der Waals surface area contributed by atoms with Crippen LogP contribution in [0.4, 0.5) is 0 Å². The molecule has 1 heterocycles. The normalized spacial score (nSPS) is 16.5. The minimum Gasteiger partial charge on any atom is -0.491 e. The Labute approximate surface area is 152 Å². The summed E-state index contributed by atoms with van der Waals surface area (Å²) in [5.41, 5.74) is 3.43. The molecule has 2 aromatic rings. The van der Waals surface area contributed by atoms with Crippen LogP contribution < -0.4 is 10.2 Å². The summed E-state index contributed by atoms with van der Waals surface area (Å²) in [5.74, 6) is 0.436. The molecule has 3 rings (SSSR count). The van der Waals surface area contributed by atoms with Crippen molar-refractivity contribution in [2.24, 2.45) is 0 Å². The fourth-order valence-electron chi connectivity index (χ4n) is 2.89. The van der Waals surface area contributed by atoms with Crippen molar-refractivity contribution in [1.29, 1.82) is 0 Å². The number of hydroxylamine groups is 1. The summed E-state index contributed by atoms with van der Waals surface area (Å²) >= 11 is 0. The molecule has 136 valence electrons. The molecule has 0 spiro atoms. The van der Waals surface area contributed by atoms with Gasteiger partial charge in [-0.05, 0) is 24.1 Å². The number of amides is 2. The van der Waals surface area contributed by atoms with Crippen LogP contribution in [0.5, 0.6) is 5.75 Å². The van der Waals surface area contributed by atoms with Crippen LogP contribution in [-0.4, -0.2) is 36.0 Å². The van der Waals surface area contributed by atoms with Crippen molar-refractivity contribution in [3.63, 3.8) is 0 Å². The molecule has 0 saturated carbocycles. The van der Waals surface area contributed by atoms with E-state index in [1.165, 1.54) is 0 Å². The van der Waals surface area contributed by atoms with E-state index in [0.29, 0.717) is 26.0 Å². The molecule has 2 aromatic carbocycles. The summed E-state index contributed by atoms with van der Waals surface area (Å²) < 4.78 is 5.49. The molecule has 1 aliphatic heterocycles. The van der Waals surface area contributed by atoms with Crippen molar-refractivity contribution in [3.05, 3.63) is 66.2 Å². The Balaban J connectivity index is 1.43. The lowest BCUT2D eigenvalue weighted by Gasteiger charge is -2.24. The van der Waals surface area contributed by atoms with Gasteiger partial charge in [0.25, 0.3) is 5.91 Å².